The summed E-state index contributed by atoms with van der Waals surface area (Å²) in [4.78, 5) is 24.6. The smallest absolute Gasteiger partial charge is 0.255 e. The molecule has 4 rings (SSSR count). The lowest BCUT2D eigenvalue weighted by molar-refractivity contribution is 0.0996. The van der Waals surface area contributed by atoms with Gasteiger partial charge in [-0.3, -0.25) is 9.59 Å². The van der Waals surface area contributed by atoms with E-state index in [4.69, 9.17) is 38.4 Å². The first-order valence-corrected chi connectivity index (χ1v) is 11.7. The Morgan fingerprint density at radius 1 is 0.694 bits per heavy atom. The lowest BCUT2D eigenvalue weighted by atomic mass is 10.1. The van der Waals surface area contributed by atoms with Gasteiger partial charge in [-0.1, -0.05) is 65.7 Å². The molecule has 0 unspecified atom stereocenters. The van der Waals surface area contributed by atoms with Crippen molar-refractivity contribution in [3.05, 3.63) is 123 Å². The molecule has 0 saturated carbocycles. The topological polar surface area (TPSA) is 90.7 Å². The Morgan fingerprint density at radius 2 is 1.25 bits per heavy atom. The Bertz CT molecular complexity index is 1340. The van der Waals surface area contributed by atoms with E-state index in [9.17, 15) is 9.59 Å². The zero-order valence-corrected chi connectivity index (χ0v) is 20.6. The number of nitrogens with one attached hydrogen (secondary N) is 1. The highest BCUT2D eigenvalue weighted by molar-refractivity contribution is 6.31. The highest BCUT2D eigenvalue weighted by Gasteiger charge is 2.13. The normalized spacial score (nSPS) is 10.5. The van der Waals surface area contributed by atoms with Gasteiger partial charge >= 0.3 is 0 Å². The van der Waals surface area contributed by atoms with Gasteiger partial charge in [0.2, 0.25) is 5.91 Å². The van der Waals surface area contributed by atoms with Crippen LogP contribution in [0.25, 0.3) is 0 Å². The molecule has 0 radical (unpaired) electrons. The van der Waals surface area contributed by atoms with Crippen molar-refractivity contribution in [2.45, 2.75) is 13.2 Å². The summed E-state index contributed by atoms with van der Waals surface area (Å²) in [6, 6.07) is 26.0. The van der Waals surface area contributed by atoms with E-state index in [2.05, 4.69) is 5.32 Å². The van der Waals surface area contributed by atoms with Crippen molar-refractivity contribution in [3.8, 4) is 11.5 Å². The summed E-state index contributed by atoms with van der Waals surface area (Å²) in [5.74, 6) is -0.163. The van der Waals surface area contributed by atoms with E-state index < -0.39 is 11.8 Å². The van der Waals surface area contributed by atoms with E-state index in [1.807, 2.05) is 36.4 Å². The Morgan fingerprint density at radius 3 is 1.78 bits per heavy atom. The zero-order chi connectivity index (χ0) is 25.5. The molecule has 4 aromatic carbocycles. The summed E-state index contributed by atoms with van der Waals surface area (Å²) in [5.41, 5.74) is 7.96. The van der Waals surface area contributed by atoms with Crippen LogP contribution >= 0.6 is 23.2 Å². The maximum atomic E-state index is 13.1. The molecule has 0 aliphatic heterocycles. The highest BCUT2D eigenvalue weighted by Crippen LogP contribution is 2.27. The molecule has 0 bridgehead atoms. The molecule has 0 fully saturated rings. The van der Waals surface area contributed by atoms with Gasteiger partial charge in [0.15, 0.2) is 0 Å². The maximum absolute atomic E-state index is 13.1. The number of benzene rings is 4. The van der Waals surface area contributed by atoms with Crippen molar-refractivity contribution in [3.63, 3.8) is 0 Å². The van der Waals surface area contributed by atoms with Crippen LogP contribution in [0.15, 0.2) is 91.0 Å². The van der Waals surface area contributed by atoms with E-state index in [0.29, 0.717) is 32.8 Å². The Kier molecular flexibility index (Phi) is 8.10. The molecule has 0 heterocycles. The largest absolute Gasteiger partial charge is 0.489 e. The number of anilines is 1. The number of nitrogens with two attached hydrogens (primary N) is 1. The maximum Gasteiger partial charge on any atom is 0.255 e. The van der Waals surface area contributed by atoms with Crippen molar-refractivity contribution in [2.75, 3.05) is 5.32 Å². The number of primary amides is 1. The molecule has 0 aromatic heterocycles. The Labute approximate surface area is 218 Å². The molecule has 0 aliphatic rings. The van der Waals surface area contributed by atoms with Crippen molar-refractivity contribution in [2.24, 2.45) is 5.73 Å². The van der Waals surface area contributed by atoms with Gasteiger partial charge in [-0.2, -0.15) is 0 Å². The van der Waals surface area contributed by atoms with E-state index in [-0.39, 0.29) is 18.8 Å². The quantitative estimate of drug-likeness (QED) is 0.263. The number of rotatable bonds is 9. The number of ether oxygens (including phenoxy) is 2. The fraction of sp³-hybridized carbons (Fsp3) is 0.0714. The van der Waals surface area contributed by atoms with Gasteiger partial charge in [0.1, 0.15) is 24.7 Å². The summed E-state index contributed by atoms with van der Waals surface area (Å²) in [6.45, 7) is 0.407. The van der Waals surface area contributed by atoms with Crippen LogP contribution in [-0.2, 0) is 13.2 Å². The molecule has 2 amide bonds. The number of carbonyl (C=O) groups is 2. The van der Waals surface area contributed by atoms with Gasteiger partial charge in [-0.15, -0.1) is 0 Å². The van der Waals surface area contributed by atoms with Crippen LogP contribution < -0.4 is 20.5 Å². The number of hydrogen-bond acceptors (Lipinski definition) is 4. The van der Waals surface area contributed by atoms with E-state index in [0.717, 1.165) is 11.1 Å². The molecule has 6 nitrogen and oxygen atoms in total. The SMILES string of the molecule is NC(=O)c1cccc(NC(=O)c2cc(OCc3ccccc3Cl)cc(OCc3ccccc3Cl)c2)c1. The number of hydrogen-bond donors (Lipinski definition) is 2. The second kappa shape index (κ2) is 11.6. The molecule has 0 aliphatic carbocycles. The lowest BCUT2D eigenvalue weighted by Crippen LogP contribution is -2.14. The van der Waals surface area contributed by atoms with Crippen LogP contribution in [0.3, 0.4) is 0 Å². The minimum absolute atomic E-state index is 0.204. The highest BCUT2D eigenvalue weighted by atomic mass is 35.5. The van der Waals surface area contributed by atoms with E-state index in [1.165, 1.54) is 6.07 Å². The van der Waals surface area contributed by atoms with Gasteiger partial charge in [-0.25, -0.2) is 0 Å². The van der Waals surface area contributed by atoms with Crippen LogP contribution in [-0.4, -0.2) is 11.8 Å². The Balaban J connectivity index is 1.58. The third kappa shape index (κ3) is 6.56. The molecular formula is C28H22Cl2N2O4. The van der Waals surface area contributed by atoms with Gasteiger partial charge in [0, 0.05) is 44.1 Å². The first-order chi connectivity index (χ1) is 17.4. The van der Waals surface area contributed by atoms with Crippen molar-refractivity contribution >= 4 is 40.7 Å². The predicted octanol–water partition coefficient (Wildman–Crippen LogP) is 6.50. The molecule has 4 aromatic rings. The molecule has 0 saturated heterocycles. The molecule has 0 atom stereocenters. The van der Waals surface area contributed by atoms with Crippen molar-refractivity contribution in [1.29, 1.82) is 0 Å². The summed E-state index contributed by atoms with van der Waals surface area (Å²) in [5, 5.41) is 3.93. The first-order valence-electron chi connectivity index (χ1n) is 11.0. The third-order valence-electron chi connectivity index (χ3n) is 5.25. The monoisotopic (exact) mass is 520 g/mol. The number of carbonyl (C=O) groups excluding carboxylic acids is 2. The molecule has 8 heteroatoms. The Hall–Kier alpha value is -4.00. The zero-order valence-electron chi connectivity index (χ0n) is 19.0. The third-order valence-corrected chi connectivity index (χ3v) is 5.99. The van der Waals surface area contributed by atoms with Gasteiger partial charge in [0.25, 0.3) is 5.91 Å². The minimum Gasteiger partial charge on any atom is -0.489 e. The first kappa shape index (κ1) is 25.1. The van der Waals surface area contributed by atoms with Crippen LogP contribution in [0.2, 0.25) is 10.0 Å². The van der Waals surface area contributed by atoms with Gasteiger partial charge in [-0.05, 0) is 42.5 Å². The molecule has 36 heavy (non-hydrogen) atoms. The second-order valence-corrected chi connectivity index (χ2v) is 8.67. The average Bonchev–Trinajstić information content (AvgIpc) is 2.88. The van der Waals surface area contributed by atoms with Gasteiger partial charge < -0.3 is 20.5 Å². The molecule has 3 N–H and O–H groups in total. The lowest BCUT2D eigenvalue weighted by Gasteiger charge is -2.14. The predicted molar refractivity (Wildman–Crippen MR) is 141 cm³/mol. The number of halogens is 2. The minimum atomic E-state index is -0.587. The fourth-order valence-corrected chi connectivity index (χ4v) is 3.76. The van der Waals surface area contributed by atoms with Crippen LogP contribution in [0.4, 0.5) is 5.69 Å². The van der Waals surface area contributed by atoms with Crippen molar-refractivity contribution in [1.82, 2.24) is 0 Å². The molecule has 0 spiro atoms. The van der Waals surface area contributed by atoms with E-state index in [1.54, 1.807) is 48.5 Å². The van der Waals surface area contributed by atoms with Crippen LogP contribution in [0.1, 0.15) is 31.8 Å². The van der Waals surface area contributed by atoms with Crippen molar-refractivity contribution < 1.29 is 19.1 Å². The average molecular weight is 521 g/mol. The summed E-state index contributed by atoms with van der Waals surface area (Å²) in [6.07, 6.45) is 0. The number of amides is 2. The standard InChI is InChI=1S/C28H22Cl2N2O4/c29-25-10-3-1-6-19(25)16-35-23-13-21(28(34)32-22-9-5-8-18(12-22)27(31)33)14-24(15-23)36-17-20-7-2-4-11-26(20)30/h1-15H,16-17H2,(H2,31,33)(H,32,34). The molecular weight excluding hydrogens is 499 g/mol. The van der Waals surface area contributed by atoms with Gasteiger partial charge in [0.05, 0.1) is 0 Å². The van der Waals surface area contributed by atoms with Crippen LogP contribution in [0.5, 0.6) is 11.5 Å². The second-order valence-electron chi connectivity index (χ2n) is 7.85. The van der Waals surface area contributed by atoms with E-state index >= 15 is 0 Å². The summed E-state index contributed by atoms with van der Waals surface area (Å²) >= 11 is 12.5. The van der Waals surface area contributed by atoms with Crippen LogP contribution in [0, 0.1) is 0 Å². The summed E-state index contributed by atoms with van der Waals surface area (Å²) in [7, 11) is 0. The summed E-state index contributed by atoms with van der Waals surface area (Å²) < 4.78 is 11.9. The molecule has 182 valence electrons. The fourth-order valence-electron chi connectivity index (χ4n) is 3.38.